The van der Waals surface area contributed by atoms with Gasteiger partial charge in [0.05, 0.1) is 11.2 Å². The van der Waals surface area contributed by atoms with Gasteiger partial charge in [-0.05, 0) is 144 Å². The molecule has 0 spiro atoms. The maximum absolute atomic E-state index is 10.7. The van der Waals surface area contributed by atoms with Crippen molar-refractivity contribution in [3.05, 3.63) is 0 Å². The highest BCUT2D eigenvalue weighted by atomic mass is 16.3. The van der Waals surface area contributed by atoms with Gasteiger partial charge in [0.15, 0.2) is 0 Å². The number of hydrogen-bond acceptors (Lipinski definition) is 3. The third kappa shape index (κ3) is 4.44. The quantitative estimate of drug-likeness (QED) is 0.426. The van der Waals surface area contributed by atoms with Crippen molar-refractivity contribution in [1.29, 1.82) is 0 Å². The third-order valence-electron chi connectivity index (χ3n) is 11.7. The molecular formula is C29H52O3. The predicted molar refractivity (Wildman–Crippen MR) is 131 cm³/mol. The van der Waals surface area contributed by atoms with Crippen molar-refractivity contribution in [3.8, 4) is 0 Å². The van der Waals surface area contributed by atoms with E-state index in [9.17, 15) is 10.2 Å². The highest BCUT2D eigenvalue weighted by Gasteiger charge is 2.61. The van der Waals surface area contributed by atoms with E-state index in [4.69, 9.17) is 5.11 Å². The first-order valence-electron chi connectivity index (χ1n) is 14.0. The molecule has 0 amide bonds. The maximum atomic E-state index is 10.7. The Morgan fingerprint density at radius 1 is 0.906 bits per heavy atom. The molecule has 0 bridgehead atoms. The van der Waals surface area contributed by atoms with E-state index in [1.165, 1.54) is 44.9 Å². The Labute approximate surface area is 197 Å². The molecule has 3 heteroatoms. The molecule has 4 aliphatic carbocycles. The Morgan fingerprint density at radius 3 is 2.34 bits per heavy atom. The SMILES string of the molecule is C[C@H](CC[C@@](C)(O)CCCO)[C@H]1CC[C@H]2C3CC[C@H]4C[C@@](C)(O)CC[C@]4(C)[C@H]3CC[C@]12C. The molecule has 0 radical (unpaired) electrons. The fourth-order valence-electron chi connectivity index (χ4n) is 9.73. The van der Waals surface area contributed by atoms with Gasteiger partial charge in [-0.3, -0.25) is 0 Å². The monoisotopic (exact) mass is 448 g/mol. The summed E-state index contributed by atoms with van der Waals surface area (Å²) in [5.41, 5.74) is -0.155. The number of fused-ring (bicyclic) bond motifs is 5. The Bertz CT molecular complexity index is 657. The van der Waals surface area contributed by atoms with Crippen molar-refractivity contribution in [2.24, 2.45) is 46.3 Å². The smallest absolute Gasteiger partial charge is 0.0622 e. The summed E-state index contributed by atoms with van der Waals surface area (Å²) in [6.45, 7) is 11.9. The van der Waals surface area contributed by atoms with Gasteiger partial charge in [0.25, 0.3) is 0 Å². The topological polar surface area (TPSA) is 60.7 Å². The van der Waals surface area contributed by atoms with Crippen LogP contribution in [0.25, 0.3) is 0 Å². The van der Waals surface area contributed by atoms with Crippen molar-refractivity contribution in [3.63, 3.8) is 0 Å². The van der Waals surface area contributed by atoms with E-state index in [0.717, 1.165) is 49.4 Å². The van der Waals surface area contributed by atoms with Gasteiger partial charge in [0, 0.05) is 6.61 Å². The summed E-state index contributed by atoms with van der Waals surface area (Å²) in [6.07, 6.45) is 14.9. The van der Waals surface area contributed by atoms with Gasteiger partial charge in [-0.15, -0.1) is 0 Å². The molecule has 3 nitrogen and oxygen atoms in total. The van der Waals surface area contributed by atoms with Gasteiger partial charge in [-0.25, -0.2) is 0 Å². The summed E-state index contributed by atoms with van der Waals surface area (Å²) in [6, 6.07) is 0. The van der Waals surface area contributed by atoms with E-state index in [0.29, 0.717) is 35.5 Å². The zero-order valence-electron chi connectivity index (χ0n) is 21.7. The van der Waals surface area contributed by atoms with Gasteiger partial charge in [0.1, 0.15) is 0 Å². The lowest BCUT2D eigenvalue weighted by atomic mass is 9.43. The van der Waals surface area contributed by atoms with Crippen LogP contribution in [0.2, 0.25) is 0 Å². The lowest BCUT2D eigenvalue weighted by Crippen LogP contribution is -2.55. The number of rotatable bonds is 7. The molecule has 4 aliphatic rings. The molecule has 4 fully saturated rings. The third-order valence-corrected chi connectivity index (χ3v) is 11.7. The first kappa shape index (κ1) is 25.0. The molecule has 32 heavy (non-hydrogen) atoms. The molecule has 0 aromatic carbocycles. The minimum absolute atomic E-state index is 0.175. The summed E-state index contributed by atoms with van der Waals surface area (Å²) in [7, 11) is 0. The van der Waals surface area contributed by atoms with Crippen LogP contribution in [-0.2, 0) is 0 Å². The second-order valence-corrected chi connectivity index (χ2v) is 13.9. The molecule has 0 aliphatic heterocycles. The fraction of sp³-hybridized carbons (Fsp3) is 1.00. The van der Waals surface area contributed by atoms with Gasteiger partial charge < -0.3 is 15.3 Å². The molecule has 0 aromatic heterocycles. The fourth-order valence-corrected chi connectivity index (χ4v) is 9.73. The molecule has 3 N–H and O–H groups in total. The van der Waals surface area contributed by atoms with E-state index in [2.05, 4.69) is 27.7 Å². The standard InChI is InChI=1S/C29H52O3/c1-20(11-14-26(2,31)13-6-18-30)23-9-10-24-22-8-7-21-19-27(3,32)16-17-28(21,4)25(22)12-15-29(23,24)5/h20-25,30-32H,6-19H2,1-5H3/t20-,21+,22?,23-,24+,25+,26+,27+,28+,29-/m1/s1. The van der Waals surface area contributed by atoms with E-state index < -0.39 is 11.2 Å². The van der Waals surface area contributed by atoms with Crippen LogP contribution in [0.1, 0.15) is 118 Å². The minimum atomic E-state index is -0.636. The summed E-state index contributed by atoms with van der Waals surface area (Å²) in [4.78, 5) is 0. The van der Waals surface area contributed by atoms with Crippen LogP contribution in [0.4, 0.5) is 0 Å². The Morgan fingerprint density at radius 2 is 1.62 bits per heavy atom. The molecule has 0 saturated heterocycles. The summed E-state index contributed by atoms with van der Waals surface area (Å²) in [5.74, 6) is 4.81. The molecule has 10 atom stereocenters. The van der Waals surface area contributed by atoms with Crippen molar-refractivity contribution in [1.82, 2.24) is 0 Å². The van der Waals surface area contributed by atoms with Crippen molar-refractivity contribution in [2.45, 2.75) is 129 Å². The second kappa shape index (κ2) is 8.83. The lowest BCUT2D eigenvalue weighted by Gasteiger charge is -2.62. The number of hydrogen-bond donors (Lipinski definition) is 3. The average molecular weight is 449 g/mol. The number of aliphatic hydroxyl groups is 3. The van der Waals surface area contributed by atoms with Crippen LogP contribution in [0.3, 0.4) is 0 Å². The molecule has 186 valence electrons. The van der Waals surface area contributed by atoms with Crippen LogP contribution in [0.5, 0.6) is 0 Å². The van der Waals surface area contributed by atoms with Gasteiger partial charge >= 0.3 is 0 Å². The molecule has 4 saturated carbocycles. The van der Waals surface area contributed by atoms with Crippen LogP contribution in [0.15, 0.2) is 0 Å². The van der Waals surface area contributed by atoms with Crippen molar-refractivity contribution >= 4 is 0 Å². The van der Waals surface area contributed by atoms with E-state index >= 15 is 0 Å². The maximum Gasteiger partial charge on any atom is 0.0622 e. The van der Waals surface area contributed by atoms with Gasteiger partial charge in [-0.1, -0.05) is 20.8 Å². The van der Waals surface area contributed by atoms with Gasteiger partial charge in [-0.2, -0.15) is 0 Å². The second-order valence-electron chi connectivity index (χ2n) is 13.9. The first-order valence-corrected chi connectivity index (χ1v) is 14.0. The normalized spacial score (nSPS) is 48.9. The largest absolute Gasteiger partial charge is 0.396 e. The van der Waals surface area contributed by atoms with Crippen LogP contribution < -0.4 is 0 Å². The zero-order chi connectivity index (χ0) is 23.4. The molecule has 0 heterocycles. The van der Waals surface area contributed by atoms with Crippen LogP contribution >= 0.6 is 0 Å². The Kier molecular flexibility index (Phi) is 6.89. The summed E-state index contributed by atoms with van der Waals surface area (Å²) in [5, 5.41) is 30.6. The summed E-state index contributed by atoms with van der Waals surface area (Å²) >= 11 is 0. The zero-order valence-corrected chi connectivity index (χ0v) is 21.7. The molecule has 4 rings (SSSR count). The number of aliphatic hydroxyl groups excluding tert-OH is 1. The van der Waals surface area contributed by atoms with E-state index in [1.807, 2.05) is 6.92 Å². The van der Waals surface area contributed by atoms with Crippen molar-refractivity contribution in [2.75, 3.05) is 6.61 Å². The van der Waals surface area contributed by atoms with Crippen LogP contribution in [0, 0.1) is 46.3 Å². The van der Waals surface area contributed by atoms with Crippen LogP contribution in [-0.4, -0.2) is 33.1 Å². The molecule has 1 unspecified atom stereocenters. The highest BCUT2D eigenvalue weighted by Crippen LogP contribution is 2.68. The Hall–Kier alpha value is -0.120. The molecule has 0 aromatic rings. The lowest BCUT2D eigenvalue weighted by molar-refractivity contribution is -0.148. The van der Waals surface area contributed by atoms with Gasteiger partial charge in [0.2, 0.25) is 0 Å². The first-order chi connectivity index (χ1) is 14.9. The predicted octanol–water partition coefficient (Wildman–Crippen LogP) is 6.34. The van der Waals surface area contributed by atoms with E-state index in [1.54, 1.807) is 0 Å². The molecular weight excluding hydrogens is 396 g/mol. The van der Waals surface area contributed by atoms with E-state index in [-0.39, 0.29) is 6.61 Å². The Balaban J connectivity index is 1.43. The minimum Gasteiger partial charge on any atom is -0.396 e. The summed E-state index contributed by atoms with van der Waals surface area (Å²) < 4.78 is 0. The van der Waals surface area contributed by atoms with Crippen molar-refractivity contribution < 1.29 is 15.3 Å². The highest BCUT2D eigenvalue weighted by molar-refractivity contribution is 5.10. The average Bonchev–Trinajstić information content (AvgIpc) is 3.08.